The zero-order valence-corrected chi connectivity index (χ0v) is 25.4. The van der Waals surface area contributed by atoms with Crippen LogP contribution in [0.5, 0.6) is 0 Å². The number of carbonyl (C=O) groups is 3. The molecular formula is C32H36ClN3O5S. The molecule has 0 aliphatic heterocycles. The summed E-state index contributed by atoms with van der Waals surface area (Å²) < 4.78 is 26.9. The number of halogens is 1. The minimum Gasteiger partial charge on any atom is -0.352 e. The average molecular weight is 610 g/mol. The third-order valence-corrected chi connectivity index (χ3v) is 9.00. The van der Waals surface area contributed by atoms with Crippen molar-refractivity contribution in [3.63, 3.8) is 0 Å². The Labute approximate surface area is 252 Å². The molecule has 0 aromatic heterocycles. The van der Waals surface area contributed by atoms with E-state index >= 15 is 0 Å². The molecular weight excluding hydrogens is 574 g/mol. The normalized spacial score (nSPS) is 14.3. The van der Waals surface area contributed by atoms with Crippen LogP contribution in [0.2, 0.25) is 5.02 Å². The van der Waals surface area contributed by atoms with E-state index in [9.17, 15) is 22.8 Å². The van der Waals surface area contributed by atoms with Crippen molar-refractivity contribution in [1.82, 2.24) is 10.2 Å². The van der Waals surface area contributed by atoms with Gasteiger partial charge in [-0.05, 0) is 49.1 Å². The van der Waals surface area contributed by atoms with Crippen molar-refractivity contribution in [3.8, 4) is 0 Å². The van der Waals surface area contributed by atoms with Crippen LogP contribution in [0, 0.1) is 0 Å². The monoisotopic (exact) mass is 609 g/mol. The highest BCUT2D eigenvalue weighted by molar-refractivity contribution is 7.92. The van der Waals surface area contributed by atoms with E-state index in [1.54, 1.807) is 36.4 Å². The van der Waals surface area contributed by atoms with Crippen LogP contribution in [0.3, 0.4) is 0 Å². The Morgan fingerprint density at radius 1 is 0.952 bits per heavy atom. The van der Waals surface area contributed by atoms with Gasteiger partial charge in [0.2, 0.25) is 21.8 Å². The molecule has 0 radical (unpaired) electrons. The summed E-state index contributed by atoms with van der Waals surface area (Å²) in [5.41, 5.74) is 1.99. The zero-order valence-electron chi connectivity index (χ0n) is 23.8. The van der Waals surface area contributed by atoms with Crippen molar-refractivity contribution >= 4 is 44.9 Å². The molecule has 2 amide bonds. The van der Waals surface area contributed by atoms with Gasteiger partial charge in [-0.15, -0.1) is 0 Å². The van der Waals surface area contributed by atoms with Crippen molar-refractivity contribution in [3.05, 3.63) is 101 Å². The summed E-state index contributed by atoms with van der Waals surface area (Å²) >= 11 is 6.50. The number of hydrogen-bond acceptors (Lipinski definition) is 5. The van der Waals surface area contributed by atoms with Gasteiger partial charge in [-0.3, -0.25) is 18.7 Å². The SMILES string of the molecule is CC(=O)c1cccc(N(CC(=O)N(Cc2ccccc2Cl)[C@@H](Cc2ccccc2)C(=O)NC2CCCC2)S(C)(=O)=O)c1. The highest BCUT2D eigenvalue weighted by Gasteiger charge is 2.34. The number of Topliss-reactive ketones (excluding diaryl/α,β-unsaturated/α-hetero) is 1. The number of nitrogens with zero attached hydrogens (tertiary/aromatic N) is 2. The van der Waals surface area contributed by atoms with Gasteiger partial charge in [-0.25, -0.2) is 8.42 Å². The fourth-order valence-corrected chi connectivity index (χ4v) is 6.26. The van der Waals surface area contributed by atoms with Gasteiger partial charge < -0.3 is 10.2 Å². The van der Waals surface area contributed by atoms with Gasteiger partial charge in [0, 0.05) is 29.6 Å². The molecule has 42 heavy (non-hydrogen) atoms. The second-order valence-electron chi connectivity index (χ2n) is 10.7. The topological polar surface area (TPSA) is 104 Å². The molecule has 0 unspecified atom stereocenters. The van der Waals surface area contributed by atoms with Gasteiger partial charge >= 0.3 is 0 Å². The summed E-state index contributed by atoms with van der Waals surface area (Å²) in [6.45, 7) is 0.823. The molecule has 3 aromatic rings. The molecule has 222 valence electrons. The van der Waals surface area contributed by atoms with Crippen LogP contribution in [0.1, 0.15) is 54.1 Å². The van der Waals surface area contributed by atoms with Crippen LogP contribution in [0.25, 0.3) is 0 Å². The number of nitrogens with one attached hydrogen (secondary N) is 1. The predicted molar refractivity (Wildman–Crippen MR) is 165 cm³/mol. The Hall–Kier alpha value is -3.69. The number of rotatable bonds is 12. The summed E-state index contributed by atoms with van der Waals surface area (Å²) in [7, 11) is -3.95. The van der Waals surface area contributed by atoms with Crippen molar-refractivity contribution in [2.75, 3.05) is 17.1 Å². The van der Waals surface area contributed by atoms with Crippen molar-refractivity contribution in [2.24, 2.45) is 0 Å². The Morgan fingerprint density at radius 2 is 1.62 bits per heavy atom. The summed E-state index contributed by atoms with van der Waals surface area (Å²) in [5, 5.41) is 3.56. The van der Waals surface area contributed by atoms with E-state index in [0.717, 1.165) is 41.8 Å². The molecule has 0 saturated heterocycles. The molecule has 4 rings (SSSR count). The number of ketones is 1. The first-order chi connectivity index (χ1) is 20.0. The van der Waals surface area contributed by atoms with Crippen LogP contribution >= 0.6 is 11.6 Å². The van der Waals surface area contributed by atoms with Crippen molar-refractivity contribution < 1.29 is 22.8 Å². The van der Waals surface area contributed by atoms with Gasteiger partial charge in [0.25, 0.3) is 0 Å². The third-order valence-electron chi connectivity index (χ3n) is 7.49. The molecule has 1 aliphatic rings. The standard InChI is InChI=1S/C32H36ClN3O5S/c1-23(37)25-14-10-17-28(20-25)36(42(2,40)41)22-31(38)35(21-26-13-6-9-18-29(26)33)30(19-24-11-4-3-5-12-24)32(39)34-27-15-7-8-16-27/h3-6,9-14,17-18,20,27,30H,7-8,15-16,19,21-22H2,1-2H3,(H,34,39)/t30-/m0/s1. The highest BCUT2D eigenvalue weighted by atomic mass is 35.5. The van der Waals surface area contributed by atoms with Crippen LogP contribution in [-0.2, 0) is 32.6 Å². The van der Waals surface area contributed by atoms with Gasteiger partial charge in [-0.1, -0.05) is 85.1 Å². The first-order valence-electron chi connectivity index (χ1n) is 14.0. The largest absolute Gasteiger partial charge is 0.352 e. The molecule has 1 aliphatic carbocycles. The maximum Gasteiger partial charge on any atom is 0.244 e. The fraction of sp³-hybridized carbons (Fsp3) is 0.344. The number of amides is 2. The molecule has 0 bridgehead atoms. The van der Waals surface area contributed by atoms with E-state index in [1.807, 2.05) is 30.3 Å². The van der Waals surface area contributed by atoms with Crippen LogP contribution in [-0.4, -0.2) is 55.8 Å². The smallest absolute Gasteiger partial charge is 0.244 e. The molecule has 1 atom stereocenters. The second kappa shape index (κ2) is 14.0. The Kier molecular flexibility index (Phi) is 10.4. The number of carbonyl (C=O) groups excluding carboxylic acids is 3. The highest BCUT2D eigenvalue weighted by Crippen LogP contribution is 2.24. The van der Waals surface area contributed by atoms with E-state index in [-0.39, 0.29) is 36.4 Å². The maximum absolute atomic E-state index is 14.2. The van der Waals surface area contributed by atoms with E-state index in [2.05, 4.69) is 5.32 Å². The lowest BCUT2D eigenvalue weighted by molar-refractivity contribution is -0.140. The Bertz CT molecular complexity index is 1520. The predicted octanol–water partition coefficient (Wildman–Crippen LogP) is 5.01. The maximum atomic E-state index is 14.2. The summed E-state index contributed by atoms with van der Waals surface area (Å²) in [4.78, 5) is 41.5. The molecule has 10 heteroatoms. The Morgan fingerprint density at radius 3 is 2.26 bits per heavy atom. The minimum atomic E-state index is -3.95. The summed E-state index contributed by atoms with van der Waals surface area (Å²) in [6, 6.07) is 21.7. The molecule has 1 fully saturated rings. The van der Waals surface area contributed by atoms with Crippen molar-refractivity contribution in [1.29, 1.82) is 0 Å². The summed E-state index contributed by atoms with van der Waals surface area (Å²) in [6.07, 6.45) is 5.04. The first kappa shape index (κ1) is 31.3. The molecule has 0 spiro atoms. The molecule has 1 N–H and O–H groups in total. The minimum absolute atomic E-state index is 0.000812. The molecule has 0 heterocycles. The van der Waals surface area contributed by atoms with Crippen molar-refractivity contribution in [2.45, 2.75) is 57.7 Å². The number of benzene rings is 3. The molecule has 3 aromatic carbocycles. The molecule has 8 nitrogen and oxygen atoms in total. The number of sulfonamides is 1. The van der Waals surface area contributed by atoms with Crippen LogP contribution in [0.15, 0.2) is 78.9 Å². The van der Waals surface area contributed by atoms with Gasteiger partial charge in [0.05, 0.1) is 11.9 Å². The number of hydrogen-bond donors (Lipinski definition) is 1. The molecule has 1 saturated carbocycles. The van der Waals surface area contributed by atoms with E-state index < -0.39 is 28.5 Å². The average Bonchev–Trinajstić information content (AvgIpc) is 3.47. The lowest BCUT2D eigenvalue weighted by Crippen LogP contribution is -2.54. The van der Waals surface area contributed by atoms with Crippen LogP contribution in [0.4, 0.5) is 5.69 Å². The van der Waals surface area contributed by atoms with E-state index in [1.165, 1.54) is 24.0 Å². The second-order valence-corrected chi connectivity index (χ2v) is 13.0. The zero-order chi connectivity index (χ0) is 30.3. The van der Waals surface area contributed by atoms with E-state index in [0.29, 0.717) is 16.1 Å². The summed E-state index contributed by atoms with van der Waals surface area (Å²) in [5.74, 6) is -1.10. The lowest BCUT2D eigenvalue weighted by atomic mass is 10.0. The Balaban J connectivity index is 1.74. The van der Waals surface area contributed by atoms with Crippen LogP contribution < -0.4 is 9.62 Å². The number of anilines is 1. The first-order valence-corrected chi connectivity index (χ1v) is 16.2. The lowest BCUT2D eigenvalue weighted by Gasteiger charge is -2.34. The fourth-order valence-electron chi connectivity index (χ4n) is 5.23. The van der Waals surface area contributed by atoms with Gasteiger partial charge in [0.1, 0.15) is 12.6 Å². The quantitative estimate of drug-likeness (QED) is 0.291. The van der Waals surface area contributed by atoms with Gasteiger partial charge in [-0.2, -0.15) is 0 Å². The van der Waals surface area contributed by atoms with Gasteiger partial charge in [0.15, 0.2) is 5.78 Å². The third kappa shape index (κ3) is 8.20. The van der Waals surface area contributed by atoms with E-state index in [4.69, 9.17) is 11.6 Å².